The lowest BCUT2D eigenvalue weighted by Crippen LogP contribution is -2.44. The number of aliphatic hydroxyl groups is 1. The molecule has 0 amide bonds. The first kappa shape index (κ1) is 8.49. The molecule has 0 aliphatic carbocycles. The van der Waals surface area contributed by atoms with Gasteiger partial charge in [0, 0.05) is 7.11 Å². The van der Waals surface area contributed by atoms with Crippen molar-refractivity contribution in [2.75, 3.05) is 7.11 Å². The van der Waals surface area contributed by atoms with E-state index in [1.54, 1.807) is 6.92 Å². The molecule has 3 atom stereocenters. The number of aliphatic hydroxyl groups excluding tert-OH is 1. The van der Waals surface area contributed by atoms with Gasteiger partial charge in [-0.15, -0.1) is 0 Å². The maximum Gasteiger partial charge on any atom is 0.341 e. The van der Waals surface area contributed by atoms with Gasteiger partial charge >= 0.3 is 5.97 Å². The van der Waals surface area contributed by atoms with Crippen LogP contribution in [0, 0.1) is 0 Å². The van der Waals surface area contributed by atoms with Gasteiger partial charge in [0.25, 0.3) is 0 Å². The molecule has 1 fully saturated rings. The Labute approximate surface area is 65.1 Å². The van der Waals surface area contributed by atoms with Crippen LogP contribution in [0.4, 0.5) is 0 Å². The Morgan fingerprint density at radius 2 is 2.27 bits per heavy atom. The van der Waals surface area contributed by atoms with Crippen LogP contribution in [-0.4, -0.2) is 36.0 Å². The minimum atomic E-state index is -1.18. The molecule has 0 aromatic carbocycles. The number of ether oxygens (including phenoxy) is 2. The molecule has 0 aromatic heterocycles. The summed E-state index contributed by atoms with van der Waals surface area (Å²) in [5.41, 5.74) is -1.18. The summed E-state index contributed by atoms with van der Waals surface area (Å²) in [7, 11) is 1.38. The Balaban J connectivity index is 2.87. The molecule has 0 saturated carbocycles. The van der Waals surface area contributed by atoms with Gasteiger partial charge in [-0.3, -0.25) is 0 Å². The van der Waals surface area contributed by atoms with Gasteiger partial charge in [-0.2, -0.15) is 0 Å². The summed E-state index contributed by atoms with van der Waals surface area (Å²) in [5, 5.41) is 9.42. The third-order valence-corrected chi connectivity index (χ3v) is 2.13. The van der Waals surface area contributed by atoms with Gasteiger partial charge in [0.1, 0.15) is 12.2 Å². The van der Waals surface area contributed by atoms with E-state index >= 15 is 0 Å². The molecule has 1 unspecified atom stereocenters. The molecule has 4 heteroatoms. The van der Waals surface area contributed by atoms with E-state index in [4.69, 9.17) is 9.47 Å². The Kier molecular flexibility index (Phi) is 1.90. The van der Waals surface area contributed by atoms with E-state index in [-0.39, 0.29) is 0 Å². The third kappa shape index (κ3) is 1.02. The van der Waals surface area contributed by atoms with Crippen LogP contribution in [0.25, 0.3) is 0 Å². The fraction of sp³-hybridized carbons (Fsp3) is 0.857. The van der Waals surface area contributed by atoms with Gasteiger partial charge in [-0.25, -0.2) is 4.79 Å². The number of methoxy groups -OCH3 is 1. The van der Waals surface area contributed by atoms with Crippen LogP contribution in [0.1, 0.15) is 13.8 Å². The van der Waals surface area contributed by atoms with Gasteiger partial charge in [0.05, 0.1) is 0 Å². The second-order valence-corrected chi connectivity index (χ2v) is 2.87. The largest absolute Gasteiger partial charge is 0.458 e. The zero-order valence-electron chi connectivity index (χ0n) is 6.83. The lowest BCUT2D eigenvalue weighted by atomic mass is 9.99. The van der Waals surface area contributed by atoms with Gasteiger partial charge in [-0.05, 0) is 13.8 Å². The molecule has 64 valence electrons. The SMILES string of the molecule is COC1(C)C(=O)O[C@@H](C)[C@@H]1O. The molecule has 1 heterocycles. The third-order valence-electron chi connectivity index (χ3n) is 2.13. The number of rotatable bonds is 1. The van der Waals surface area contributed by atoms with Crippen molar-refractivity contribution in [1.29, 1.82) is 0 Å². The van der Waals surface area contributed by atoms with Gasteiger partial charge in [0.2, 0.25) is 0 Å². The maximum atomic E-state index is 11.0. The number of hydrogen-bond donors (Lipinski definition) is 1. The Morgan fingerprint density at radius 3 is 2.45 bits per heavy atom. The maximum absolute atomic E-state index is 11.0. The first-order valence-electron chi connectivity index (χ1n) is 3.46. The predicted octanol–water partition coefficient (Wildman–Crippen LogP) is -0.302. The second-order valence-electron chi connectivity index (χ2n) is 2.87. The van der Waals surface area contributed by atoms with Crippen molar-refractivity contribution >= 4 is 5.97 Å². The Morgan fingerprint density at radius 1 is 1.73 bits per heavy atom. The van der Waals surface area contributed by atoms with E-state index in [0.717, 1.165) is 0 Å². The number of carbonyl (C=O) groups excluding carboxylic acids is 1. The Hall–Kier alpha value is -0.610. The van der Waals surface area contributed by atoms with Crippen LogP contribution in [0.3, 0.4) is 0 Å². The lowest BCUT2D eigenvalue weighted by molar-refractivity contribution is -0.158. The highest BCUT2D eigenvalue weighted by Gasteiger charge is 2.52. The van der Waals surface area contributed by atoms with Crippen molar-refractivity contribution in [1.82, 2.24) is 0 Å². The van der Waals surface area contributed by atoms with E-state index in [9.17, 15) is 9.90 Å². The molecule has 1 N–H and O–H groups in total. The van der Waals surface area contributed by atoms with Crippen molar-refractivity contribution < 1.29 is 19.4 Å². The quantitative estimate of drug-likeness (QED) is 0.535. The van der Waals surface area contributed by atoms with Crippen LogP contribution in [0.2, 0.25) is 0 Å². The number of cyclic esters (lactones) is 1. The number of esters is 1. The van der Waals surface area contributed by atoms with Crippen LogP contribution < -0.4 is 0 Å². The van der Waals surface area contributed by atoms with Crippen LogP contribution >= 0.6 is 0 Å². The van der Waals surface area contributed by atoms with Crippen LogP contribution in [-0.2, 0) is 14.3 Å². The first-order chi connectivity index (χ1) is 5.02. The number of hydrogen-bond acceptors (Lipinski definition) is 4. The van der Waals surface area contributed by atoms with Crippen LogP contribution in [0.15, 0.2) is 0 Å². The first-order valence-corrected chi connectivity index (χ1v) is 3.46. The molecule has 1 aliphatic heterocycles. The molecule has 1 saturated heterocycles. The molecule has 1 rings (SSSR count). The zero-order chi connectivity index (χ0) is 8.65. The number of carbonyl (C=O) groups is 1. The molecule has 0 spiro atoms. The Bertz CT molecular complexity index is 179. The molecule has 0 radical (unpaired) electrons. The molecule has 1 aliphatic rings. The van der Waals surface area contributed by atoms with Crippen molar-refractivity contribution in [3.63, 3.8) is 0 Å². The summed E-state index contributed by atoms with van der Waals surface area (Å²) >= 11 is 0. The highest BCUT2D eigenvalue weighted by atomic mass is 16.6. The molecule has 11 heavy (non-hydrogen) atoms. The fourth-order valence-electron chi connectivity index (χ4n) is 1.12. The topological polar surface area (TPSA) is 55.8 Å². The smallest absolute Gasteiger partial charge is 0.341 e. The average molecular weight is 160 g/mol. The van der Waals surface area contributed by atoms with E-state index in [1.165, 1.54) is 14.0 Å². The van der Waals surface area contributed by atoms with Crippen molar-refractivity contribution in [3.05, 3.63) is 0 Å². The molecule has 4 nitrogen and oxygen atoms in total. The summed E-state index contributed by atoms with van der Waals surface area (Å²) in [5.74, 6) is -0.500. The van der Waals surface area contributed by atoms with Gasteiger partial charge in [-0.1, -0.05) is 0 Å². The van der Waals surface area contributed by atoms with Crippen LogP contribution in [0.5, 0.6) is 0 Å². The second kappa shape index (κ2) is 2.46. The fourth-order valence-corrected chi connectivity index (χ4v) is 1.12. The van der Waals surface area contributed by atoms with E-state index < -0.39 is 23.8 Å². The summed E-state index contributed by atoms with van der Waals surface area (Å²) < 4.78 is 9.64. The van der Waals surface area contributed by atoms with Crippen molar-refractivity contribution in [2.24, 2.45) is 0 Å². The standard InChI is InChI=1S/C7H12O4/c1-4-5(8)7(2,10-3)6(9)11-4/h4-5,8H,1-3H3/t4-,5-,7?/m0/s1. The minimum Gasteiger partial charge on any atom is -0.458 e. The molecule has 0 bridgehead atoms. The minimum absolute atomic E-state index is 0.479. The highest BCUT2D eigenvalue weighted by molar-refractivity contribution is 5.82. The van der Waals surface area contributed by atoms with E-state index in [0.29, 0.717) is 0 Å². The average Bonchev–Trinajstić information content (AvgIpc) is 2.16. The monoisotopic (exact) mass is 160 g/mol. The highest BCUT2D eigenvalue weighted by Crippen LogP contribution is 2.28. The molecular formula is C7H12O4. The summed E-state index contributed by atoms with van der Waals surface area (Å²) in [4.78, 5) is 11.0. The van der Waals surface area contributed by atoms with Crippen molar-refractivity contribution in [3.8, 4) is 0 Å². The zero-order valence-corrected chi connectivity index (χ0v) is 6.83. The van der Waals surface area contributed by atoms with Gasteiger partial charge in [0.15, 0.2) is 5.60 Å². The molecule has 0 aromatic rings. The predicted molar refractivity (Wildman–Crippen MR) is 37.0 cm³/mol. The lowest BCUT2D eigenvalue weighted by Gasteiger charge is -2.21. The van der Waals surface area contributed by atoms with Crippen molar-refractivity contribution in [2.45, 2.75) is 31.7 Å². The summed E-state index contributed by atoms with van der Waals surface area (Å²) in [6, 6.07) is 0. The summed E-state index contributed by atoms with van der Waals surface area (Å²) in [6.45, 7) is 3.15. The van der Waals surface area contributed by atoms with Gasteiger partial charge < -0.3 is 14.6 Å². The molecular weight excluding hydrogens is 148 g/mol. The van der Waals surface area contributed by atoms with E-state index in [2.05, 4.69) is 0 Å². The van der Waals surface area contributed by atoms with E-state index in [1.807, 2.05) is 0 Å². The normalized spacial score (nSPS) is 44.2. The summed E-state index contributed by atoms with van der Waals surface area (Å²) in [6.07, 6.45) is -1.35.